The van der Waals surface area contributed by atoms with E-state index in [9.17, 15) is 18.0 Å². The molecule has 28 heavy (non-hydrogen) atoms. The maximum atomic E-state index is 12.9. The van der Waals surface area contributed by atoms with Gasteiger partial charge in [0.2, 0.25) is 10.0 Å². The third-order valence-corrected chi connectivity index (χ3v) is 7.50. The minimum absolute atomic E-state index is 0.173. The Morgan fingerprint density at radius 2 is 1.82 bits per heavy atom. The lowest BCUT2D eigenvalue weighted by Gasteiger charge is -2.31. The average molecular weight is 411 g/mol. The van der Waals surface area contributed by atoms with Crippen molar-refractivity contribution in [1.82, 2.24) is 9.21 Å². The fourth-order valence-electron chi connectivity index (χ4n) is 3.50. The second-order valence-electron chi connectivity index (χ2n) is 7.37. The number of quaternary nitrogens is 1. The summed E-state index contributed by atoms with van der Waals surface area (Å²) in [6.45, 7) is 6.68. The normalized spacial score (nSPS) is 20.2. The number of hydrogen-bond donors (Lipinski definition) is 1. The van der Waals surface area contributed by atoms with Crippen LogP contribution in [0.1, 0.15) is 31.7 Å². The molecule has 0 spiro atoms. The van der Waals surface area contributed by atoms with E-state index in [4.69, 9.17) is 4.74 Å². The highest BCUT2D eigenvalue weighted by atomic mass is 32.2. The molecular formula is C19H28N3O5S+. The van der Waals surface area contributed by atoms with Gasteiger partial charge in [0.25, 0.3) is 5.91 Å². The van der Waals surface area contributed by atoms with E-state index in [-0.39, 0.29) is 25.6 Å². The Morgan fingerprint density at radius 1 is 1.18 bits per heavy atom. The van der Waals surface area contributed by atoms with Gasteiger partial charge in [-0.05, 0) is 30.0 Å². The predicted octanol–water partition coefficient (Wildman–Crippen LogP) is 0.0681. The highest BCUT2D eigenvalue weighted by Gasteiger charge is 2.34. The Bertz CT molecular complexity index is 816. The van der Waals surface area contributed by atoms with Crippen molar-refractivity contribution in [3.63, 3.8) is 0 Å². The standard InChI is InChI=1S/C19H27N3O5S/c1-3-15(2)16-4-6-17(7-5-16)28(25,26)21-10-8-20(9-11-21)14-18(23)22-12-13-27-19(22)24/h4-7,15H,3,8-14H2,1-2H3/p+1/t15-/m1/s1. The molecule has 154 valence electrons. The second kappa shape index (κ2) is 8.59. The Balaban J connectivity index is 1.57. The summed E-state index contributed by atoms with van der Waals surface area (Å²) in [4.78, 5) is 26.1. The number of imide groups is 1. The molecule has 2 fully saturated rings. The summed E-state index contributed by atoms with van der Waals surface area (Å²) in [5, 5.41) is 0. The predicted molar refractivity (Wildman–Crippen MR) is 103 cm³/mol. The topological polar surface area (TPSA) is 88.4 Å². The molecule has 2 aliphatic heterocycles. The first-order chi connectivity index (χ1) is 13.3. The Kier molecular flexibility index (Phi) is 6.36. The molecule has 0 saturated carbocycles. The maximum absolute atomic E-state index is 12.9. The zero-order valence-electron chi connectivity index (χ0n) is 16.4. The molecule has 2 amide bonds. The van der Waals surface area contributed by atoms with Crippen LogP contribution in [0.3, 0.4) is 0 Å². The van der Waals surface area contributed by atoms with Crippen LogP contribution >= 0.6 is 0 Å². The quantitative estimate of drug-likeness (QED) is 0.717. The molecule has 1 aromatic rings. The number of hydrogen-bond acceptors (Lipinski definition) is 5. The molecule has 1 N–H and O–H groups in total. The molecule has 0 bridgehead atoms. The van der Waals surface area contributed by atoms with Crippen molar-refractivity contribution in [2.75, 3.05) is 45.9 Å². The summed E-state index contributed by atoms with van der Waals surface area (Å²) in [6.07, 6.45) is 0.413. The number of sulfonamides is 1. The van der Waals surface area contributed by atoms with Crippen molar-refractivity contribution in [3.05, 3.63) is 29.8 Å². The van der Waals surface area contributed by atoms with Gasteiger partial charge in [0, 0.05) is 0 Å². The fourth-order valence-corrected chi connectivity index (χ4v) is 4.94. The van der Waals surface area contributed by atoms with Crippen LogP contribution < -0.4 is 4.90 Å². The summed E-state index contributed by atoms with van der Waals surface area (Å²) in [7, 11) is -3.54. The number of cyclic esters (lactones) is 1. The molecular weight excluding hydrogens is 382 g/mol. The first-order valence-corrected chi connectivity index (χ1v) is 11.2. The fraction of sp³-hybridized carbons (Fsp3) is 0.579. The molecule has 0 aliphatic carbocycles. The van der Waals surface area contributed by atoms with E-state index in [0.717, 1.165) is 21.8 Å². The van der Waals surface area contributed by atoms with Gasteiger partial charge in [0.05, 0.1) is 37.6 Å². The number of benzene rings is 1. The SMILES string of the molecule is CC[C@@H](C)c1ccc(S(=O)(=O)N2CC[NH+](CC(=O)N3CCOC3=O)CC2)cc1. The van der Waals surface area contributed by atoms with Crippen molar-refractivity contribution >= 4 is 22.0 Å². The highest BCUT2D eigenvalue weighted by Crippen LogP contribution is 2.22. The van der Waals surface area contributed by atoms with E-state index >= 15 is 0 Å². The molecule has 0 aromatic heterocycles. The highest BCUT2D eigenvalue weighted by molar-refractivity contribution is 7.89. The van der Waals surface area contributed by atoms with Gasteiger partial charge in [0.1, 0.15) is 6.61 Å². The van der Waals surface area contributed by atoms with Gasteiger partial charge < -0.3 is 9.64 Å². The summed E-state index contributed by atoms with van der Waals surface area (Å²) in [6, 6.07) is 7.13. The van der Waals surface area contributed by atoms with E-state index in [1.54, 1.807) is 12.1 Å². The Labute approximate surface area is 166 Å². The monoisotopic (exact) mass is 410 g/mol. The lowest BCUT2D eigenvalue weighted by molar-refractivity contribution is -0.895. The lowest BCUT2D eigenvalue weighted by atomic mass is 9.99. The smallest absolute Gasteiger partial charge is 0.416 e. The van der Waals surface area contributed by atoms with E-state index in [1.165, 1.54) is 4.31 Å². The van der Waals surface area contributed by atoms with Crippen molar-refractivity contribution in [2.45, 2.75) is 31.1 Å². The summed E-state index contributed by atoms with van der Waals surface area (Å²) in [5.41, 5.74) is 1.13. The van der Waals surface area contributed by atoms with Gasteiger partial charge in [-0.3, -0.25) is 4.79 Å². The summed E-state index contributed by atoms with van der Waals surface area (Å²) < 4.78 is 32.1. The largest absolute Gasteiger partial charge is 0.447 e. The summed E-state index contributed by atoms with van der Waals surface area (Å²) >= 11 is 0. The number of carbonyl (C=O) groups excluding carboxylic acids is 2. The molecule has 3 rings (SSSR count). The van der Waals surface area contributed by atoms with Crippen LogP contribution in [0, 0.1) is 0 Å². The number of piperazine rings is 1. The minimum Gasteiger partial charge on any atom is -0.447 e. The van der Waals surface area contributed by atoms with Crippen molar-refractivity contribution < 1.29 is 27.6 Å². The van der Waals surface area contributed by atoms with Crippen LogP contribution in [-0.4, -0.2) is 75.5 Å². The van der Waals surface area contributed by atoms with Crippen molar-refractivity contribution in [1.29, 1.82) is 0 Å². The van der Waals surface area contributed by atoms with Crippen LogP contribution in [0.25, 0.3) is 0 Å². The van der Waals surface area contributed by atoms with Crippen molar-refractivity contribution in [2.24, 2.45) is 0 Å². The van der Waals surface area contributed by atoms with Gasteiger partial charge in [-0.15, -0.1) is 0 Å². The van der Waals surface area contributed by atoms with Crippen LogP contribution in [-0.2, 0) is 19.6 Å². The Morgan fingerprint density at radius 3 is 2.36 bits per heavy atom. The van der Waals surface area contributed by atoms with Crippen molar-refractivity contribution in [3.8, 4) is 0 Å². The number of nitrogens with one attached hydrogen (secondary N) is 1. The number of carbonyl (C=O) groups is 2. The number of nitrogens with zero attached hydrogens (tertiary/aromatic N) is 2. The lowest BCUT2D eigenvalue weighted by Crippen LogP contribution is -3.15. The number of ether oxygens (including phenoxy) is 1. The number of amides is 2. The van der Waals surface area contributed by atoms with Crippen LogP contribution in [0.2, 0.25) is 0 Å². The third-order valence-electron chi connectivity index (χ3n) is 5.59. The Hall–Kier alpha value is -1.97. The van der Waals surface area contributed by atoms with Gasteiger partial charge >= 0.3 is 6.09 Å². The van der Waals surface area contributed by atoms with Crippen LogP contribution in [0.5, 0.6) is 0 Å². The van der Waals surface area contributed by atoms with Gasteiger partial charge in [-0.25, -0.2) is 18.1 Å². The van der Waals surface area contributed by atoms with E-state index in [2.05, 4.69) is 13.8 Å². The molecule has 0 radical (unpaired) electrons. The molecule has 8 nitrogen and oxygen atoms in total. The van der Waals surface area contributed by atoms with E-state index in [0.29, 0.717) is 37.0 Å². The average Bonchev–Trinajstić information content (AvgIpc) is 3.14. The zero-order valence-corrected chi connectivity index (χ0v) is 17.2. The molecule has 2 heterocycles. The van der Waals surface area contributed by atoms with E-state index < -0.39 is 16.1 Å². The molecule has 1 aromatic carbocycles. The van der Waals surface area contributed by atoms with Gasteiger partial charge in [-0.2, -0.15) is 4.31 Å². The maximum Gasteiger partial charge on any atom is 0.416 e. The van der Waals surface area contributed by atoms with Crippen LogP contribution in [0.4, 0.5) is 4.79 Å². The molecule has 2 aliphatic rings. The van der Waals surface area contributed by atoms with E-state index in [1.807, 2.05) is 12.1 Å². The first kappa shape index (κ1) is 20.8. The first-order valence-electron chi connectivity index (χ1n) is 9.73. The number of rotatable bonds is 6. The summed E-state index contributed by atoms with van der Waals surface area (Å²) in [5.74, 6) is 0.128. The molecule has 9 heteroatoms. The molecule has 1 atom stereocenters. The molecule has 2 saturated heterocycles. The minimum atomic E-state index is -3.54. The third kappa shape index (κ3) is 4.37. The van der Waals surface area contributed by atoms with Gasteiger partial charge in [-0.1, -0.05) is 26.0 Å². The van der Waals surface area contributed by atoms with Crippen LogP contribution in [0.15, 0.2) is 29.2 Å². The molecule has 0 unspecified atom stereocenters. The second-order valence-corrected chi connectivity index (χ2v) is 9.31. The van der Waals surface area contributed by atoms with Gasteiger partial charge in [0.15, 0.2) is 6.54 Å². The zero-order chi connectivity index (χ0) is 20.3.